The molecule has 2 aromatic rings. The smallest absolute Gasteiger partial charge is 0.336 e. The minimum atomic E-state index is -1.10. The number of carboxylic acid groups (broad SMARTS) is 1. The largest absolute Gasteiger partial charge is 0.478 e. The van der Waals surface area contributed by atoms with Crippen LogP contribution in [-0.2, 0) is 0 Å². The van der Waals surface area contributed by atoms with Crippen molar-refractivity contribution < 1.29 is 9.90 Å². The molecule has 2 heterocycles. The van der Waals surface area contributed by atoms with Crippen LogP contribution < -0.4 is 5.56 Å². The lowest BCUT2D eigenvalue weighted by molar-refractivity contribution is 0.0698. The molecule has 23 heavy (non-hydrogen) atoms. The minimum absolute atomic E-state index is 0.0277. The number of aromatic nitrogens is 3. The van der Waals surface area contributed by atoms with E-state index in [1.54, 1.807) is 6.07 Å². The van der Waals surface area contributed by atoms with Crippen molar-refractivity contribution >= 4 is 29.2 Å². The first kappa shape index (κ1) is 14.6. The highest BCUT2D eigenvalue weighted by Crippen LogP contribution is 2.40. The SMILES string of the molecule is O=C(O)c1cc(C2CC2)nc2c1c(=O)[nH]c(=S)n2C1CCCC1. The molecule has 2 N–H and O–H groups in total. The summed E-state index contributed by atoms with van der Waals surface area (Å²) in [6.07, 6.45) is 6.22. The average Bonchev–Trinajstić information content (AvgIpc) is 3.23. The van der Waals surface area contributed by atoms with E-state index in [-0.39, 0.29) is 17.0 Å². The van der Waals surface area contributed by atoms with E-state index in [2.05, 4.69) is 9.97 Å². The molecule has 0 spiro atoms. The summed E-state index contributed by atoms with van der Waals surface area (Å²) in [5.74, 6) is -0.790. The fraction of sp³-hybridized carbons (Fsp3) is 0.500. The first-order valence-corrected chi connectivity index (χ1v) is 8.40. The van der Waals surface area contributed by atoms with Crippen LogP contribution in [0.4, 0.5) is 0 Å². The van der Waals surface area contributed by atoms with E-state index in [4.69, 9.17) is 12.2 Å². The molecule has 2 aromatic heterocycles. The predicted octanol–water partition coefficient (Wildman–Crippen LogP) is 3.14. The molecule has 0 saturated heterocycles. The predicted molar refractivity (Wildman–Crippen MR) is 87.6 cm³/mol. The fourth-order valence-corrected chi connectivity index (χ4v) is 3.85. The number of hydrogen-bond acceptors (Lipinski definition) is 4. The van der Waals surface area contributed by atoms with Gasteiger partial charge in [-0.25, -0.2) is 9.78 Å². The molecule has 6 nitrogen and oxygen atoms in total. The molecule has 0 aromatic carbocycles. The van der Waals surface area contributed by atoms with Crippen molar-refractivity contribution in [2.75, 3.05) is 0 Å². The molecule has 2 aliphatic carbocycles. The number of nitrogens with zero attached hydrogens (tertiary/aromatic N) is 2. The first-order valence-electron chi connectivity index (χ1n) is 7.99. The molecule has 0 unspecified atom stereocenters. The first-order chi connectivity index (χ1) is 11.1. The van der Waals surface area contributed by atoms with E-state index in [0.29, 0.717) is 16.3 Å². The normalized spacial score (nSPS) is 18.6. The van der Waals surface area contributed by atoms with Crippen molar-refractivity contribution in [3.8, 4) is 0 Å². The summed E-state index contributed by atoms with van der Waals surface area (Å²) in [5, 5.41) is 9.68. The van der Waals surface area contributed by atoms with Crippen molar-refractivity contribution in [3.63, 3.8) is 0 Å². The number of pyridine rings is 1. The van der Waals surface area contributed by atoms with Gasteiger partial charge in [-0.1, -0.05) is 12.8 Å². The summed E-state index contributed by atoms with van der Waals surface area (Å²) in [4.78, 5) is 31.3. The molecule has 4 rings (SSSR count). The van der Waals surface area contributed by atoms with Crippen LogP contribution in [0.25, 0.3) is 11.0 Å². The number of rotatable bonds is 3. The van der Waals surface area contributed by atoms with Gasteiger partial charge in [-0.2, -0.15) is 0 Å². The molecule has 7 heteroatoms. The van der Waals surface area contributed by atoms with Crippen molar-refractivity contribution in [3.05, 3.63) is 32.4 Å². The third-order valence-corrected chi connectivity index (χ3v) is 5.13. The van der Waals surface area contributed by atoms with E-state index < -0.39 is 11.5 Å². The maximum absolute atomic E-state index is 12.3. The second-order valence-electron chi connectivity index (χ2n) is 6.44. The Morgan fingerprint density at radius 2 is 2.00 bits per heavy atom. The summed E-state index contributed by atoms with van der Waals surface area (Å²) in [6, 6.07) is 1.74. The van der Waals surface area contributed by atoms with Crippen LogP contribution in [0.2, 0.25) is 0 Å². The Labute approximate surface area is 137 Å². The van der Waals surface area contributed by atoms with Crippen LogP contribution in [0, 0.1) is 4.77 Å². The van der Waals surface area contributed by atoms with Gasteiger partial charge >= 0.3 is 5.97 Å². The van der Waals surface area contributed by atoms with Crippen molar-refractivity contribution in [1.29, 1.82) is 0 Å². The van der Waals surface area contributed by atoms with E-state index in [0.717, 1.165) is 44.2 Å². The van der Waals surface area contributed by atoms with Crippen LogP contribution in [0.5, 0.6) is 0 Å². The number of carboxylic acids is 1. The maximum atomic E-state index is 12.3. The standard InChI is InChI=1S/C16H17N3O3S/c20-14-12-10(15(21)22)7-11(8-5-6-8)17-13(12)19(16(23)18-14)9-3-1-2-4-9/h7-9H,1-6H2,(H,21,22)(H,18,20,23). The lowest BCUT2D eigenvalue weighted by atomic mass is 10.1. The molecule has 2 fully saturated rings. The molecule has 2 aliphatic rings. The quantitative estimate of drug-likeness (QED) is 0.844. The fourth-order valence-electron chi connectivity index (χ4n) is 3.52. The van der Waals surface area contributed by atoms with Gasteiger partial charge in [-0.05, 0) is 44.0 Å². The summed E-state index contributed by atoms with van der Waals surface area (Å²) < 4.78 is 2.21. The van der Waals surface area contributed by atoms with Crippen molar-refractivity contribution in [2.24, 2.45) is 0 Å². The van der Waals surface area contributed by atoms with Gasteiger partial charge < -0.3 is 5.11 Å². The Morgan fingerprint density at radius 3 is 2.61 bits per heavy atom. The van der Waals surface area contributed by atoms with Gasteiger partial charge in [0.25, 0.3) is 5.56 Å². The molecule has 0 atom stereocenters. The lowest BCUT2D eigenvalue weighted by Crippen LogP contribution is -2.21. The molecular formula is C16H17N3O3S. The van der Waals surface area contributed by atoms with Gasteiger partial charge in [0.05, 0.1) is 10.9 Å². The van der Waals surface area contributed by atoms with Crippen LogP contribution in [0.15, 0.2) is 10.9 Å². The summed E-state index contributed by atoms with van der Waals surface area (Å²) in [5.41, 5.74) is 0.764. The molecule has 0 aliphatic heterocycles. The number of nitrogens with one attached hydrogen (secondary N) is 1. The van der Waals surface area contributed by atoms with Gasteiger partial charge in [0, 0.05) is 17.7 Å². The third kappa shape index (κ3) is 2.39. The van der Waals surface area contributed by atoms with Gasteiger partial charge in [-0.15, -0.1) is 0 Å². The summed E-state index contributed by atoms with van der Waals surface area (Å²) in [6.45, 7) is 0. The Balaban J connectivity index is 2.10. The number of carbonyl (C=O) groups is 1. The summed E-state index contributed by atoms with van der Waals surface area (Å²) >= 11 is 5.36. The van der Waals surface area contributed by atoms with E-state index in [9.17, 15) is 14.7 Å². The van der Waals surface area contributed by atoms with Crippen LogP contribution in [0.3, 0.4) is 0 Å². The van der Waals surface area contributed by atoms with Gasteiger partial charge in [0.2, 0.25) is 0 Å². The van der Waals surface area contributed by atoms with Crippen molar-refractivity contribution in [2.45, 2.75) is 50.5 Å². The summed E-state index contributed by atoms with van der Waals surface area (Å²) in [7, 11) is 0. The van der Waals surface area contributed by atoms with Crippen LogP contribution in [-0.4, -0.2) is 25.6 Å². The number of fused-ring (bicyclic) bond motifs is 1. The number of aromatic amines is 1. The average molecular weight is 331 g/mol. The van der Waals surface area contributed by atoms with Gasteiger partial charge in [0.15, 0.2) is 4.77 Å². The highest BCUT2D eigenvalue weighted by molar-refractivity contribution is 7.71. The Bertz CT molecular complexity index is 921. The Kier molecular flexibility index (Phi) is 3.33. The minimum Gasteiger partial charge on any atom is -0.478 e. The molecule has 120 valence electrons. The number of hydrogen-bond donors (Lipinski definition) is 2. The van der Waals surface area contributed by atoms with E-state index in [1.807, 2.05) is 4.57 Å². The zero-order chi connectivity index (χ0) is 16.1. The second-order valence-corrected chi connectivity index (χ2v) is 6.83. The van der Waals surface area contributed by atoms with Crippen LogP contribution in [0.1, 0.15) is 66.5 Å². The van der Waals surface area contributed by atoms with Gasteiger partial charge in [-0.3, -0.25) is 14.3 Å². The van der Waals surface area contributed by atoms with Gasteiger partial charge in [0.1, 0.15) is 5.65 Å². The zero-order valence-electron chi connectivity index (χ0n) is 12.5. The molecule has 0 bridgehead atoms. The number of H-pyrrole nitrogens is 1. The highest BCUT2D eigenvalue weighted by atomic mass is 32.1. The van der Waals surface area contributed by atoms with Crippen molar-refractivity contribution in [1.82, 2.24) is 14.5 Å². The molecule has 2 saturated carbocycles. The molecular weight excluding hydrogens is 314 g/mol. The maximum Gasteiger partial charge on any atom is 0.336 e. The van der Waals surface area contributed by atoms with E-state index in [1.165, 1.54) is 0 Å². The molecule has 0 amide bonds. The lowest BCUT2D eigenvalue weighted by Gasteiger charge is -2.18. The monoisotopic (exact) mass is 331 g/mol. The van der Waals surface area contributed by atoms with Crippen LogP contribution >= 0.6 is 12.2 Å². The second kappa shape index (κ2) is 5.26. The Morgan fingerprint density at radius 1 is 1.30 bits per heavy atom. The topological polar surface area (TPSA) is 88.0 Å². The zero-order valence-corrected chi connectivity index (χ0v) is 13.4. The number of aromatic carboxylic acids is 1. The molecule has 0 radical (unpaired) electrons. The third-order valence-electron chi connectivity index (χ3n) is 4.83. The highest BCUT2D eigenvalue weighted by Gasteiger charge is 2.29. The van der Waals surface area contributed by atoms with E-state index >= 15 is 0 Å². The Hall–Kier alpha value is -2.02.